The Bertz CT molecular complexity index is 676. The van der Waals surface area contributed by atoms with Crippen molar-refractivity contribution in [3.8, 4) is 0 Å². The van der Waals surface area contributed by atoms with Gasteiger partial charge >= 0.3 is 5.97 Å². The molecule has 1 fully saturated rings. The average molecular weight is 327 g/mol. The van der Waals surface area contributed by atoms with E-state index in [-0.39, 0.29) is 5.92 Å². The SMILES string of the molecule is COC(=O)[C@@H]1ON(C)[C@@H]([C@@H](O)c2ccccc2)[C@H]1c1ccccc1. The predicted molar refractivity (Wildman–Crippen MR) is 89.0 cm³/mol. The number of nitrogens with zero attached hydrogens (tertiary/aromatic N) is 1. The molecule has 0 bridgehead atoms. The van der Waals surface area contributed by atoms with Crippen molar-refractivity contribution in [3.05, 3.63) is 71.8 Å². The summed E-state index contributed by atoms with van der Waals surface area (Å²) in [5.74, 6) is -0.780. The summed E-state index contributed by atoms with van der Waals surface area (Å²) in [6.07, 6.45) is -1.58. The largest absolute Gasteiger partial charge is 0.467 e. The van der Waals surface area contributed by atoms with E-state index in [2.05, 4.69) is 0 Å². The zero-order valence-electron chi connectivity index (χ0n) is 13.7. The van der Waals surface area contributed by atoms with Gasteiger partial charge in [-0.05, 0) is 11.1 Å². The number of rotatable bonds is 4. The standard InChI is InChI=1S/C19H21NO4/c1-20-16(17(21)14-11-7-4-8-12-14)15(13-9-5-3-6-10-13)18(24-20)19(22)23-2/h3-12,15-18,21H,1-2H3/t15-,16-,17+,18-/m1/s1. The lowest BCUT2D eigenvalue weighted by molar-refractivity contribution is -0.184. The molecule has 126 valence electrons. The normalized spacial score (nSPS) is 25.4. The van der Waals surface area contributed by atoms with Gasteiger partial charge in [0.05, 0.1) is 19.3 Å². The number of carbonyl (C=O) groups excluding carboxylic acids is 1. The van der Waals surface area contributed by atoms with Gasteiger partial charge in [0.2, 0.25) is 0 Å². The third-order valence-electron chi connectivity index (χ3n) is 4.48. The molecule has 1 heterocycles. The van der Waals surface area contributed by atoms with E-state index in [0.29, 0.717) is 0 Å². The zero-order valence-corrected chi connectivity index (χ0v) is 13.7. The highest BCUT2D eigenvalue weighted by atomic mass is 16.7. The van der Waals surface area contributed by atoms with E-state index in [1.165, 1.54) is 7.11 Å². The minimum atomic E-state index is -0.795. The molecule has 0 unspecified atom stereocenters. The summed E-state index contributed by atoms with van der Waals surface area (Å²) in [6, 6.07) is 18.6. The molecule has 0 radical (unpaired) electrons. The van der Waals surface area contributed by atoms with Crippen LogP contribution in [0.15, 0.2) is 60.7 Å². The quantitative estimate of drug-likeness (QED) is 0.873. The molecule has 3 rings (SSSR count). The van der Waals surface area contributed by atoms with Gasteiger partial charge < -0.3 is 9.84 Å². The van der Waals surface area contributed by atoms with Gasteiger partial charge in [-0.15, -0.1) is 0 Å². The molecule has 1 aliphatic rings. The Hall–Kier alpha value is -2.21. The maximum Gasteiger partial charge on any atom is 0.337 e. The van der Waals surface area contributed by atoms with Gasteiger partial charge in [-0.1, -0.05) is 60.7 Å². The molecule has 5 nitrogen and oxygen atoms in total. The van der Waals surface area contributed by atoms with E-state index in [1.54, 1.807) is 12.1 Å². The monoisotopic (exact) mass is 327 g/mol. The number of hydroxylamine groups is 2. The van der Waals surface area contributed by atoms with Crippen LogP contribution in [0.1, 0.15) is 23.1 Å². The van der Waals surface area contributed by atoms with Gasteiger partial charge in [-0.2, -0.15) is 5.06 Å². The molecule has 0 saturated carbocycles. The zero-order chi connectivity index (χ0) is 17.1. The van der Waals surface area contributed by atoms with Crippen LogP contribution in [0.25, 0.3) is 0 Å². The van der Waals surface area contributed by atoms with Crippen LogP contribution >= 0.6 is 0 Å². The van der Waals surface area contributed by atoms with Gasteiger partial charge in [-0.3, -0.25) is 4.84 Å². The average Bonchev–Trinajstić information content (AvgIpc) is 2.99. The summed E-state index contributed by atoms with van der Waals surface area (Å²) < 4.78 is 4.90. The van der Waals surface area contributed by atoms with E-state index in [9.17, 15) is 9.90 Å². The van der Waals surface area contributed by atoms with E-state index < -0.39 is 24.2 Å². The fraction of sp³-hybridized carbons (Fsp3) is 0.316. The summed E-state index contributed by atoms with van der Waals surface area (Å²) in [6.45, 7) is 0. The van der Waals surface area contributed by atoms with Crippen molar-refractivity contribution in [1.82, 2.24) is 5.06 Å². The van der Waals surface area contributed by atoms with Gasteiger partial charge in [0.1, 0.15) is 0 Å². The van der Waals surface area contributed by atoms with Gasteiger partial charge in [0.15, 0.2) is 6.10 Å². The highest BCUT2D eigenvalue weighted by Crippen LogP contribution is 2.41. The third-order valence-corrected chi connectivity index (χ3v) is 4.48. The number of hydrogen-bond acceptors (Lipinski definition) is 5. The minimum absolute atomic E-state index is 0.334. The molecule has 0 aliphatic carbocycles. The molecule has 0 spiro atoms. The first kappa shape index (κ1) is 16.6. The number of ether oxygens (including phenoxy) is 1. The second-order valence-electron chi connectivity index (χ2n) is 5.88. The Morgan fingerprint density at radius 1 is 1.12 bits per heavy atom. The van der Waals surface area contributed by atoms with Crippen molar-refractivity contribution in [3.63, 3.8) is 0 Å². The van der Waals surface area contributed by atoms with Crippen LogP contribution in [0.2, 0.25) is 0 Å². The number of methoxy groups -OCH3 is 1. The molecule has 24 heavy (non-hydrogen) atoms. The number of esters is 1. The topological polar surface area (TPSA) is 59.0 Å². The van der Waals surface area contributed by atoms with Crippen LogP contribution in [0.5, 0.6) is 0 Å². The molecule has 2 aromatic rings. The van der Waals surface area contributed by atoms with Gasteiger partial charge in [-0.25, -0.2) is 4.79 Å². The Balaban J connectivity index is 2.00. The predicted octanol–water partition coefficient (Wildman–Crippen LogP) is 2.29. The lowest BCUT2D eigenvalue weighted by Gasteiger charge is -2.28. The Labute approximate surface area is 141 Å². The first-order chi connectivity index (χ1) is 11.6. The first-order valence-corrected chi connectivity index (χ1v) is 7.89. The van der Waals surface area contributed by atoms with Crippen LogP contribution < -0.4 is 0 Å². The molecular weight excluding hydrogens is 306 g/mol. The number of carbonyl (C=O) groups is 1. The number of aliphatic hydroxyl groups excluding tert-OH is 1. The highest BCUT2D eigenvalue weighted by Gasteiger charge is 2.50. The summed E-state index contributed by atoms with van der Waals surface area (Å²) in [4.78, 5) is 17.9. The summed E-state index contributed by atoms with van der Waals surface area (Å²) in [5.41, 5.74) is 1.71. The Morgan fingerprint density at radius 2 is 1.71 bits per heavy atom. The molecule has 1 N–H and O–H groups in total. The smallest absolute Gasteiger partial charge is 0.337 e. The van der Waals surface area contributed by atoms with E-state index in [0.717, 1.165) is 11.1 Å². The second kappa shape index (κ2) is 7.13. The summed E-state index contributed by atoms with van der Waals surface area (Å²) in [5, 5.41) is 12.5. The van der Waals surface area contributed by atoms with Crippen LogP contribution in [0, 0.1) is 0 Å². The van der Waals surface area contributed by atoms with E-state index in [4.69, 9.17) is 9.57 Å². The highest BCUT2D eigenvalue weighted by molar-refractivity contribution is 5.76. The van der Waals surface area contributed by atoms with Gasteiger partial charge in [0.25, 0.3) is 0 Å². The maximum absolute atomic E-state index is 12.2. The summed E-state index contributed by atoms with van der Waals surface area (Å²) in [7, 11) is 3.07. The molecule has 0 amide bonds. The number of aliphatic hydroxyl groups is 1. The lowest BCUT2D eigenvalue weighted by Crippen LogP contribution is -2.35. The molecule has 5 heteroatoms. The lowest BCUT2D eigenvalue weighted by atomic mass is 9.83. The molecular formula is C19H21NO4. The molecule has 1 saturated heterocycles. The van der Waals surface area contributed by atoms with Crippen molar-refractivity contribution in [2.75, 3.05) is 14.2 Å². The van der Waals surface area contributed by atoms with Crippen LogP contribution in [0.4, 0.5) is 0 Å². The number of hydrogen-bond donors (Lipinski definition) is 1. The number of benzene rings is 2. The Morgan fingerprint density at radius 3 is 2.29 bits per heavy atom. The van der Waals surface area contributed by atoms with Crippen molar-refractivity contribution in [2.24, 2.45) is 0 Å². The fourth-order valence-corrected chi connectivity index (χ4v) is 3.32. The fourth-order valence-electron chi connectivity index (χ4n) is 3.32. The number of likely N-dealkylation sites (N-methyl/N-ethyl adjacent to an activating group) is 1. The van der Waals surface area contributed by atoms with Crippen LogP contribution in [-0.2, 0) is 14.4 Å². The van der Waals surface area contributed by atoms with Crippen LogP contribution in [0.3, 0.4) is 0 Å². The molecule has 1 aliphatic heterocycles. The van der Waals surface area contributed by atoms with Crippen LogP contribution in [-0.4, -0.2) is 42.4 Å². The second-order valence-corrected chi connectivity index (χ2v) is 5.88. The van der Waals surface area contributed by atoms with E-state index in [1.807, 2.05) is 60.7 Å². The molecule has 0 aromatic heterocycles. The van der Waals surface area contributed by atoms with Crippen molar-refractivity contribution in [1.29, 1.82) is 0 Å². The van der Waals surface area contributed by atoms with Gasteiger partial charge in [0, 0.05) is 13.0 Å². The molecule has 2 aromatic carbocycles. The van der Waals surface area contributed by atoms with Crippen molar-refractivity contribution < 1.29 is 19.5 Å². The summed E-state index contributed by atoms with van der Waals surface area (Å²) >= 11 is 0. The minimum Gasteiger partial charge on any atom is -0.467 e. The molecule has 4 atom stereocenters. The maximum atomic E-state index is 12.2. The van der Waals surface area contributed by atoms with E-state index >= 15 is 0 Å². The van der Waals surface area contributed by atoms with Crippen molar-refractivity contribution in [2.45, 2.75) is 24.2 Å². The van der Waals surface area contributed by atoms with Crippen molar-refractivity contribution >= 4 is 5.97 Å². The third kappa shape index (κ3) is 3.06. The first-order valence-electron chi connectivity index (χ1n) is 7.89. The Kier molecular flexibility index (Phi) is 4.94.